The van der Waals surface area contributed by atoms with Crippen LogP contribution in [-0.4, -0.2) is 22.1 Å². The van der Waals surface area contributed by atoms with Gasteiger partial charge >= 0.3 is 0 Å². The molecule has 1 aromatic carbocycles. The van der Waals surface area contributed by atoms with E-state index in [1.807, 2.05) is 18.2 Å². The molecule has 1 saturated carbocycles. The van der Waals surface area contributed by atoms with Crippen molar-refractivity contribution >= 4 is 11.8 Å². The normalized spacial score (nSPS) is 16.0. The minimum Gasteiger partial charge on any atom is -0.367 e. The molecule has 1 aliphatic rings. The fraction of sp³-hybridized carbons (Fsp3) is 0.500. The molecule has 0 bridgehead atoms. The van der Waals surface area contributed by atoms with Gasteiger partial charge in [0.15, 0.2) is 0 Å². The molecule has 2 aromatic rings. The first-order valence-electron chi connectivity index (χ1n) is 9.18. The lowest BCUT2D eigenvalue weighted by Crippen LogP contribution is -2.20. The number of hydrogen-bond donors (Lipinski definition) is 2. The Labute approximate surface area is 145 Å². The number of benzene rings is 1. The smallest absolute Gasteiger partial charge is 0.225 e. The highest BCUT2D eigenvalue weighted by Crippen LogP contribution is 2.25. The van der Waals surface area contributed by atoms with Crippen LogP contribution in [0, 0.1) is 0 Å². The van der Waals surface area contributed by atoms with Crippen molar-refractivity contribution in [3.05, 3.63) is 36.4 Å². The monoisotopic (exact) mass is 324 g/mol. The SMILES string of the molecule is CC(C)Nc1nc(NC2CCCCCC2)cc(-c2ccccc2)n1. The fourth-order valence-corrected chi connectivity index (χ4v) is 3.23. The maximum Gasteiger partial charge on any atom is 0.225 e. The molecule has 128 valence electrons. The van der Waals surface area contributed by atoms with E-state index < -0.39 is 0 Å². The molecule has 0 spiro atoms. The van der Waals surface area contributed by atoms with Crippen molar-refractivity contribution in [2.24, 2.45) is 0 Å². The van der Waals surface area contributed by atoms with E-state index in [2.05, 4.69) is 42.7 Å². The molecule has 0 atom stereocenters. The van der Waals surface area contributed by atoms with Crippen LogP contribution in [0.15, 0.2) is 36.4 Å². The van der Waals surface area contributed by atoms with Crippen LogP contribution >= 0.6 is 0 Å². The minimum absolute atomic E-state index is 0.307. The Morgan fingerprint density at radius 2 is 1.67 bits per heavy atom. The topological polar surface area (TPSA) is 49.8 Å². The van der Waals surface area contributed by atoms with E-state index in [0.717, 1.165) is 17.1 Å². The van der Waals surface area contributed by atoms with Gasteiger partial charge in [0, 0.05) is 23.7 Å². The summed E-state index contributed by atoms with van der Waals surface area (Å²) in [5.41, 5.74) is 2.08. The van der Waals surface area contributed by atoms with E-state index in [9.17, 15) is 0 Å². The lowest BCUT2D eigenvalue weighted by atomic mass is 10.1. The van der Waals surface area contributed by atoms with Crippen molar-refractivity contribution in [1.29, 1.82) is 0 Å². The molecule has 4 nitrogen and oxygen atoms in total. The molecule has 0 radical (unpaired) electrons. The molecule has 0 unspecified atom stereocenters. The Bertz CT molecular complexity index is 631. The van der Waals surface area contributed by atoms with Crippen LogP contribution in [0.25, 0.3) is 11.3 Å². The molecule has 0 saturated heterocycles. The Balaban J connectivity index is 1.86. The van der Waals surface area contributed by atoms with Crippen LogP contribution in [0.1, 0.15) is 52.4 Å². The zero-order chi connectivity index (χ0) is 16.8. The van der Waals surface area contributed by atoms with Crippen LogP contribution < -0.4 is 10.6 Å². The van der Waals surface area contributed by atoms with E-state index in [0.29, 0.717) is 18.0 Å². The molecule has 24 heavy (non-hydrogen) atoms. The summed E-state index contributed by atoms with van der Waals surface area (Å²) in [4.78, 5) is 9.38. The summed E-state index contributed by atoms with van der Waals surface area (Å²) in [6.45, 7) is 4.22. The molecule has 1 heterocycles. The number of anilines is 2. The predicted octanol–water partition coefficient (Wildman–Crippen LogP) is 5.10. The van der Waals surface area contributed by atoms with E-state index in [1.54, 1.807) is 0 Å². The van der Waals surface area contributed by atoms with Crippen molar-refractivity contribution < 1.29 is 0 Å². The highest BCUT2D eigenvalue weighted by molar-refractivity contribution is 5.64. The summed E-state index contributed by atoms with van der Waals surface area (Å²) < 4.78 is 0. The van der Waals surface area contributed by atoms with Crippen LogP contribution in [0.5, 0.6) is 0 Å². The number of rotatable bonds is 5. The second-order valence-electron chi connectivity index (χ2n) is 6.96. The Hall–Kier alpha value is -2.10. The van der Waals surface area contributed by atoms with Crippen molar-refractivity contribution in [2.75, 3.05) is 10.6 Å². The standard InChI is InChI=1S/C20H28N4/c1-15(2)21-20-23-18(16-10-6-5-7-11-16)14-19(24-20)22-17-12-8-3-4-9-13-17/h5-7,10-11,14-15,17H,3-4,8-9,12-13H2,1-2H3,(H2,21,22,23,24). The molecular formula is C20H28N4. The van der Waals surface area contributed by atoms with Gasteiger partial charge in [-0.25, -0.2) is 4.98 Å². The Morgan fingerprint density at radius 1 is 0.958 bits per heavy atom. The predicted molar refractivity (Wildman–Crippen MR) is 101 cm³/mol. The maximum absolute atomic E-state index is 4.69. The van der Waals surface area contributed by atoms with Gasteiger partial charge < -0.3 is 10.6 Å². The van der Waals surface area contributed by atoms with Crippen molar-refractivity contribution in [3.63, 3.8) is 0 Å². The average Bonchev–Trinajstić information content (AvgIpc) is 2.83. The van der Waals surface area contributed by atoms with Gasteiger partial charge in [0.05, 0.1) is 5.69 Å². The van der Waals surface area contributed by atoms with Gasteiger partial charge in [-0.05, 0) is 26.7 Å². The molecular weight excluding hydrogens is 296 g/mol. The molecule has 0 aliphatic heterocycles. The van der Waals surface area contributed by atoms with Crippen molar-refractivity contribution in [1.82, 2.24) is 9.97 Å². The molecule has 3 rings (SSSR count). The molecule has 0 amide bonds. The molecule has 2 N–H and O–H groups in total. The Kier molecular flexibility index (Phi) is 5.68. The summed E-state index contributed by atoms with van der Waals surface area (Å²) in [5.74, 6) is 1.63. The van der Waals surface area contributed by atoms with E-state index in [1.165, 1.54) is 38.5 Å². The van der Waals surface area contributed by atoms with Crippen LogP contribution in [0.4, 0.5) is 11.8 Å². The maximum atomic E-state index is 4.69. The number of aromatic nitrogens is 2. The highest BCUT2D eigenvalue weighted by atomic mass is 15.2. The van der Waals surface area contributed by atoms with Crippen LogP contribution in [0.2, 0.25) is 0 Å². The zero-order valence-corrected chi connectivity index (χ0v) is 14.8. The number of nitrogens with one attached hydrogen (secondary N) is 2. The molecule has 1 aliphatic carbocycles. The quantitative estimate of drug-likeness (QED) is 0.751. The van der Waals surface area contributed by atoms with E-state index >= 15 is 0 Å². The summed E-state index contributed by atoms with van der Waals surface area (Å²) in [6, 6.07) is 13.2. The molecule has 4 heteroatoms. The van der Waals surface area contributed by atoms with Gasteiger partial charge in [-0.2, -0.15) is 4.98 Å². The van der Waals surface area contributed by atoms with Crippen LogP contribution in [-0.2, 0) is 0 Å². The lowest BCUT2D eigenvalue weighted by Gasteiger charge is -2.19. The minimum atomic E-state index is 0.307. The van der Waals surface area contributed by atoms with Crippen molar-refractivity contribution in [3.8, 4) is 11.3 Å². The fourth-order valence-electron chi connectivity index (χ4n) is 3.23. The summed E-state index contributed by atoms with van der Waals surface area (Å²) in [7, 11) is 0. The third-order valence-corrected chi connectivity index (χ3v) is 4.42. The molecule has 1 fully saturated rings. The Morgan fingerprint density at radius 3 is 2.33 bits per heavy atom. The van der Waals surface area contributed by atoms with Gasteiger partial charge in [0.25, 0.3) is 0 Å². The summed E-state index contributed by atoms with van der Waals surface area (Å²) in [6.07, 6.45) is 7.81. The van der Waals surface area contributed by atoms with Crippen LogP contribution in [0.3, 0.4) is 0 Å². The third kappa shape index (κ3) is 4.70. The second kappa shape index (κ2) is 8.13. The third-order valence-electron chi connectivity index (χ3n) is 4.42. The first-order valence-corrected chi connectivity index (χ1v) is 9.18. The number of nitrogens with zero attached hydrogens (tertiary/aromatic N) is 2. The largest absolute Gasteiger partial charge is 0.367 e. The van der Waals surface area contributed by atoms with Gasteiger partial charge in [0.2, 0.25) is 5.95 Å². The van der Waals surface area contributed by atoms with Gasteiger partial charge in [0.1, 0.15) is 5.82 Å². The van der Waals surface area contributed by atoms with Gasteiger partial charge in [-0.15, -0.1) is 0 Å². The first kappa shape index (κ1) is 16.7. The van der Waals surface area contributed by atoms with Gasteiger partial charge in [-0.3, -0.25) is 0 Å². The summed E-state index contributed by atoms with van der Waals surface area (Å²) in [5, 5.41) is 7.00. The highest BCUT2D eigenvalue weighted by Gasteiger charge is 2.14. The summed E-state index contributed by atoms with van der Waals surface area (Å²) >= 11 is 0. The molecule has 1 aromatic heterocycles. The van der Waals surface area contributed by atoms with E-state index in [-0.39, 0.29) is 0 Å². The number of hydrogen-bond acceptors (Lipinski definition) is 4. The van der Waals surface area contributed by atoms with E-state index in [4.69, 9.17) is 9.97 Å². The van der Waals surface area contributed by atoms with Gasteiger partial charge in [-0.1, -0.05) is 56.0 Å². The first-order chi connectivity index (χ1) is 11.7. The zero-order valence-electron chi connectivity index (χ0n) is 14.8. The van der Waals surface area contributed by atoms with Crippen molar-refractivity contribution in [2.45, 2.75) is 64.5 Å². The lowest BCUT2D eigenvalue weighted by molar-refractivity contribution is 0.617. The average molecular weight is 324 g/mol. The second-order valence-corrected chi connectivity index (χ2v) is 6.96.